The van der Waals surface area contributed by atoms with Crippen LogP contribution in [-0.4, -0.2) is 16.6 Å². The Labute approximate surface area is 113 Å². The Hall–Kier alpha value is -1.87. The fourth-order valence-corrected chi connectivity index (χ4v) is 2.72. The Morgan fingerprint density at radius 2 is 2.05 bits per heavy atom. The summed E-state index contributed by atoms with van der Waals surface area (Å²) in [6, 6.07) is 10.6. The second-order valence-corrected chi connectivity index (χ2v) is 5.08. The Balaban J connectivity index is 1.89. The van der Waals surface area contributed by atoms with E-state index in [1.165, 1.54) is 11.1 Å². The molecule has 0 atom stereocenters. The maximum Gasteiger partial charge on any atom is 0.131 e. The van der Waals surface area contributed by atoms with Gasteiger partial charge in [-0.15, -0.1) is 0 Å². The molecule has 0 unspecified atom stereocenters. The van der Waals surface area contributed by atoms with Crippen molar-refractivity contribution < 1.29 is 5.11 Å². The molecular formula is C16H18N2O. The second kappa shape index (κ2) is 5.02. The molecule has 0 saturated heterocycles. The van der Waals surface area contributed by atoms with Gasteiger partial charge in [0.05, 0.1) is 6.61 Å². The first-order chi connectivity index (χ1) is 9.28. The van der Waals surface area contributed by atoms with Gasteiger partial charge in [-0.25, -0.2) is 4.98 Å². The molecule has 1 aliphatic heterocycles. The molecule has 3 heteroatoms. The number of aromatic nitrogens is 1. The van der Waals surface area contributed by atoms with Gasteiger partial charge in [-0.05, 0) is 41.7 Å². The lowest BCUT2D eigenvalue weighted by atomic mass is 9.99. The maximum atomic E-state index is 9.14. The van der Waals surface area contributed by atoms with Gasteiger partial charge in [-0.1, -0.05) is 24.3 Å². The molecule has 0 bridgehead atoms. The van der Waals surface area contributed by atoms with Crippen LogP contribution >= 0.6 is 0 Å². The number of hydrogen-bond donors (Lipinski definition) is 1. The van der Waals surface area contributed by atoms with Crippen molar-refractivity contribution in [2.45, 2.75) is 26.5 Å². The first kappa shape index (κ1) is 12.2. The monoisotopic (exact) mass is 254 g/mol. The minimum absolute atomic E-state index is 0.0525. The van der Waals surface area contributed by atoms with E-state index in [-0.39, 0.29) is 6.61 Å². The van der Waals surface area contributed by atoms with Crippen molar-refractivity contribution in [2.75, 3.05) is 11.4 Å². The van der Waals surface area contributed by atoms with Crippen LogP contribution in [0.15, 0.2) is 36.5 Å². The lowest BCUT2D eigenvalue weighted by Gasteiger charge is -2.30. The van der Waals surface area contributed by atoms with Gasteiger partial charge in [0.2, 0.25) is 0 Å². The number of pyridine rings is 1. The second-order valence-electron chi connectivity index (χ2n) is 5.08. The predicted octanol–water partition coefficient (Wildman–Crippen LogP) is 2.45. The molecule has 1 N–H and O–H groups in total. The van der Waals surface area contributed by atoms with E-state index >= 15 is 0 Å². The van der Waals surface area contributed by atoms with E-state index in [1.54, 1.807) is 6.20 Å². The van der Waals surface area contributed by atoms with Crippen molar-refractivity contribution in [3.63, 3.8) is 0 Å². The number of hydrogen-bond acceptors (Lipinski definition) is 3. The summed E-state index contributed by atoms with van der Waals surface area (Å²) in [7, 11) is 0. The normalized spacial score (nSPS) is 14.3. The van der Waals surface area contributed by atoms with Crippen LogP contribution in [0, 0.1) is 6.92 Å². The maximum absolute atomic E-state index is 9.14. The summed E-state index contributed by atoms with van der Waals surface area (Å²) in [5.74, 6) is 1.03. The lowest BCUT2D eigenvalue weighted by molar-refractivity contribution is 0.281. The van der Waals surface area contributed by atoms with Crippen LogP contribution in [0.5, 0.6) is 0 Å². The first-order valence-electron chi connectivity index (χ1n) is 6.66. The molecule has 1 aromatic heterocycles. The molecule has 3 rings (SSSR count). The quantitative estimate of drug-likeness (QED) is 0.894. The molecule has 1 aliphatic rings. The van der Waals surface area contributed by atoms with Crippen molar-refractivity contribution in [3.05, 3.63) is 58.8 Å². The molecule has 2 aromatic rings. The third-order valence-corrected chi connectivity index (χ3v) is 3.72. The zero-order valence-corrected chi connectivity index (χ0v) is 11.1. The van der Waals surface area contributed by atoms with Crippen LogP contribution in [0.4, 0.5) is 5.82 Å². The SMILES string of the molecule is Cc1cc(CO)cnc1N1CCc2ccccc2C1. The third kappa shape index (κ3) is 2.34. The standard InChI is InChI=1S/C16H18N2O/c1-12-8-13(11-19)9-17-16(12)18-7-6-14-4-2-3-5-15(14)10-18/h2-5,8-9,19H,6-7,10-11H2,1H3. The number of fused-ring (bicyclic) bond motifs is 1. The lowest BCUT2D eigenvalue weighted by Crippen LogP contribution is -2.31. The molecule has 0 fully saturated rings. The molecule has 0 radical (unpaired) electrons. The molecule has 1 aromatic carbocycles. The van der Waals surface area contributed by atoms with Gasteiger partial charge in [0.15, 0.2) is 0 Å². The van der Waals surface area contributed by atoms with Crippen molar-refractivity contribution in [2.24, 2.45) is 0 Å². The average molecular weight is 254 g/mol. The van der Waals surface area contributed by atoms with Crippen LogP contribution in [0.25, 0.3) is 0 Å². The number of aliphatic hydroxyl groups is 1. The van der Waals surface area contributed by atoms with Crippen molar-refractivity contribution in [1.29, 1.82) is 0 Å². The number of anilines is 1. The number of rotatable bonds is 2. The molecule has 19 heavy (non-hydrogen) atoms. The molecule has 98 valence electrons. The Bertz CT molecular complexity index is 595. The van der Waals surface area contributed by atoms with Gasteiger partial charge in [-0.3, -0.25) is 0 Å². The fraction of sp³-hybridized carbons (Fsp3) is 0.312. The summed E-state index contributed by atoms with van der Waals surface area (Å²) in [6.07, 6.45) is 2.84. The summed E-state index contributed by atoms with van der Waals surface area (Å²) >= 11 is 0. The minimum Gasteiger partial charge on any atom is -0.392 e. The zero-order chi connectivity index (χ0) is 13.2. The van der Waals surface area contributed by atoms with Crippen molar-refractivity contribution in [1.82, 2.24) is 4.98 Å². The molecule has 0 saturated carbocycles. The van der Waals surface area contributed by atoms with Crippen LogP contribution in [0.2, 0.25) is 0 Å². The molecule has 2 heterocycles. The number of nitrogens with zero attached hydrogens (tertiary/aromatic N) is 2. The fourth-order valence-electron chi connectivity index (χ4n) is 2.72. The van der Waals surface area contributed by atoms with Crippen LogP contribution in [0.3, 0.4) is 0 Å². The molecular weight excluding hydrogens is 236 g/mol. The van der Waals surface area contributed by atoms with E-state index < -0.39 is 0 Å². The number of benzene rings is 1. The summed E-state index contributed by atoms with van der Waals surface area (Å²) in [5, 5.41) is 9.14. The Kier molecular flexibility index (Phi) is 3.22. The van der Waals surface area contributed by atoms with Crippen LogP contribution in [-0.2, 0) is 19.6 Å². The highest BCUT2D eigenvalue weighted by atomic mass is 16.3. The first-order valence-corrected chi connectivity index (χ1v) is 6.66. The summed E-state index contributed by atoms with van der Waals surface area (Å²) in [4.78, 5) is 6.83. The molecule has 0 aliphatic carbocycles. The zero-order valence-electron chi connectivity index (χ0n) is 11.1. The van der Waals surface area contributed by atoms with Crippen molar-refractivity contribution in [3.8, 4) is 0 Å². The van der Waals surface area contributed by atoms with E-state index in [0.717, 1.165) is 36.5 Å². The highest BCUT2D eigenvalue weighted by molar-refractivity contribution is 5.50. The van der Waals surface area contributed by atoms with Gasteiger partial charge in [0.25, 0.3) is 0 Å². The largest absolute Gasteiger partial charge is 0.392 e. The highest BCUT2D eigenvalue weighted by Crippen LogP contribution is 2.25. The van der Waals surface area contributed by atoms with E-state index in [9.17, 15) is 0 Å². The van der Waals surface area contributed by atoms with Crippen LogP contribution < -0.4 is 4.90 Å². The number of aryl methyl sites for hydroxylation is 1. The Morgan fingerprint density at radius 3 is 2.79 bits per heavy atom. The van der Waals surface area contributed by atoms with E-state index in [2.05, 4.69) is 41.1 Å². The minimum atomic E-state index is 0.0525. The highest BCUT2D eigenvalue weighted by Gasteiger charge is 2.18. The summed E-state index contributed by atoms with van der Waals surface area (Å²) < 4.78 is 0. The van der Waals surface area contributed by atoms with Gasteiger partial charge >= 0.3 is 0 Å². The van der Waals surface area contributed by atoms with Gasteiger partial charge in [0, 0.05) is 19.3 Å². The smallest absolute Gasteiger partial charge is 0.131 e. The third-order valence-electron chi connectivity index (χ3n) is 3.72. The van der Waals surface area contributed by atoms with Gasteiger partial charge in [0.1, 0.15) is 5.82 Å². The number of aliphatic hydroxyl groups excluding tert-OH is 1. The van der Waals surface area contributed by atoms with Crippen molar-refractivity contribution >= 4 is 5.82 Å². The Morgan fingerprint density at radius 1 is 1.26 bits per heavy atom. The van der Waals surface area contributed by atoms with E-state index in [0.29, 0.717) is 0 Å². The molecule has 3 nitrogen and oxygen atoms in total. The molecule has 0 spiro atoms. The predicted molar refractivity (Wildman–Crippen MR) is 76.1 cm³/mol. The molecule has 0 amide bonds. The summed E-state index contributed by atoms with van der Waals surface area (Å²) in [5.41, 5.74) is 4.84. The van der Waals surface area contributed by atoms with Gasteiger partial charge in [-0.2, -0.15) is 0 Å². The van der Waals surface area contributed by atoms with E-state index in [4.69, 9.17) is 5.11 Å². The summed E-state index contributed by atoms with van der Waals surface area (Å²) in [6.45, 7) is 4.03. The van der Waals surface area contributed by atoms with E-state index in [1.807, 2.05) is 6.07 Å². The van der Waals surface area contributed by atoms with Crippen LogP contribution in [0.1, 0.15) is 22.3 Å². The topological polar surface area (TPSA) is 36.4 Å². The average Bonchev–Trinajstić information content (AvgIpc) is 2.46. The van der Waals surface area contributed by atoms with Gasteiger partial charge < -0.3 is 10.0 Å².